The molecule has 1 aliphatic rings. The predicted octanol–water partition coefficient (Wildman–Crippen LogP) is 15.8. The minimum Gasteiger partial charge on any atom is -0.457 e. The number of benzene rings is 7. The minimum absolute atomic E-state index is 0.0179. The van der Waals surface area contributed by atoms with Crippen molar-refractivity contribution in [1.29, 1.82) is 0 Å². The molecule has 0 saturated carbocycles. The second-order valence-corrected chi connectivity index (χ2v) is 20.8. The predicted molar refractivity (Wildman–Crippen MR) is 276 cm³/mol. The van der Waals surface area contributed by atoms with Crippen LogP contribution in [0.3, 0.4) is 0 Å². The molecule has 1 aliphatic heterocycles. The molecule has 0 bridgehead atoms. The molecule has 6 nitrogen and oxygen atoms in total. The zero-order chi connectivity index (χ0) is 45.7. The molecule has 0 saturated heterocycles. The van der Waals surface area contributed by atoms with E-state index in [1.807, 2.05) is 12.3 Å². The van der Waals surface area contributed by atoms with Gasteiger partial charge in [-0.1, -0.05) is 135 Å². The van der Waals surface area contributed by atoms with Gasteiger partial charge in [0, 0.05) is 58.1 Å². The molecule has 0 aliphatic carbocycles. The van der Waals surface area contributed by atoms with E-state index in [4.69, 9.17) is 9.72 Å². The largest absolute Gasteiger partial charge is 0.503 e. The van der Waals surface area contributed by atoms with Crippen LogP contribution in [0.5, 0.6) is 11.5 Å². The lowest BCUT2D eigenvalue weighted by molar-refractivity contribution is 0.483. The third-order valence-corrected chi connectivity index (χ3v) is 13.2. The molecule has 6 heteroatoms. The number of nitrogens with zero attached hydrogens (tertiary/aromatic N) is 5. The Balaban J connectivity index is 1.08. The number of rotatable bonds is 6. The van der Waals surface area contributed by atoms with E-state index in [1.165, 1.54) is 32.8 Å². The van der Waals surface area contributed by atoms with Crippen molar-refractivity contribution in [3.8, 4) is 23.0 Å². The SMILES string of the molecule is CC(C)(C)c1cc([N+]2=C=[N+](c3cccc(Oc4ccc5c6ccccc6n(-c6cc(C(C)(C)C)ccn6)c5c4)c3)c3cccc(-n4c5ccccc5c5ccccc54)c32)cc(C(C)(C)C)c1. The van der Waals surface area contributed by atoms with Gasteiger partial charge in [-0.2, -0.15) is 0 Å². The highest BCUT2D eigenvalue weighted by Crippen LogP contribution is 2.45. The summed E-state index contributed by atoms with van der Waals surface area (Å²) >= 11 is 0. The molecular formula is C60H55N5O+2. The first-order chi connectivity index (χ1) is 31.6. The van der Waals surface area contributed by atoms with E-state index in [1.54, 1.807) is 0 Å². The van der Waals surface area contributed by atoms with Gasteiger partial charge in [-0.3, -0.25) is 4.57 Å². The third-order valence-electron chi connectivity index (χ3n) is 13.2. The lowest BCUT2D eigenvalue weighted by atomic mass is 9.80. The van der Waals surface area contributed by atoms with E-state index in [2.05, 4.69) is 244 Å². The molecule has 10 aromatic rings. The van der Waals surface area contributed by atoms with Crippen LogP contribution in [0.2, 0.25) is 0 Å². The van der Waals surface area contributed by atoms with Crippen molar-refractivity contribution >= 4 is 72.4 Å². The zero-order valence-corrected chi connectivity index (χ0v) is 39.3. The van der Waals surface area contributed by atoms with Gasteiger partial charge in [0.1, 0.15) is 23.0 Å². The first-order valence-corrected chi connectivity index (χ1v) is 23.0. The van der Waals surface area contributed by atoms with Crippen LogP contribution in [-0.2, 0) is 16.2 Å². The summed E-state index contributed by atoms with van der Waals surface area (Å²) in [6, 6.07) is 62.7. The fraction of sp³-hybridized carbons (Fsp3) is 0.200. The smallest absolute Gasteiger partial charge is 0.457 e. The van der Waals surface area contributed by atoms with Crippen molar-refractivity contribution in [3.63, 3.8) is 0 Å². The molecule has 0 atom stereocenters. The van der Waals surface area contributed by atoms with Gasteiger partial charge in [-0.25, -0.2) is 4.98 Å². The van der Waals surface area contributed by atoms with Gasteiger partial charge in [-0.15, -0.1) is 0 Å². The van der Waals surface area contributed by atoms with Crippen LogP contribution < -0.4 is 13.9 Å². The molecule has 0 amide bonds. The Kier molecular flexibility index (Phi) is 9.37. The van der Waals surface area contributed by atoms with E-state index in [0.717, 1.165) is 73.2 Å². The summed E-state index contributed by atoms with van der Waals surface area (Å²) in [5, 5.41) is 4.78. The second kappa shape index (κ2) is 15.0. The van der Waals surface area contributed by atoms with Gasteiger partial charge in [-0.05, 0) is 96.7 Å². The highest BCUT2D eigenvalue weighted by molar-refractivity contribution is 6.11. The highest BCUT2D eigenvalue weighted by atomic mass is 16.5. The molecule has 0 unspecified atom stereocenters. The molecule has 11 rings (SSSR count). The van der Waals surface area contributed by atoms with Gasteiger partial charge in [0.05, 0.1) is 28.1 Å². The molecule has 0 radical (unpaired) electrons. The van der Waals surface area contributed by atoms with Crippen LogP contribution >= 0.6 is 0 Å². The topological polar surface area (TPSA) is 38.0 Å². The summed E-state index contributed by atoms with van der Waals surface area (Å²) in [6.07, 6.45) is 1.92. The second-order valence-electron chi connectivity index (χ2n) is 20.8. The minimum atomic E-state index is -0.0688. The van der Waals surface area contributed by atoms with Gasteiger partial charge in [0.25, 0.3) is 0 Å². The zero-order valence-electron chi connectivity index (χ0n) is 39.3. The van der Waals surface area contributed by atoms with Crippen LogP contribution in [0.15, 0.2) is 170 Å². The van der Waals surface area contributed by atoms with E-state index < -0.39 is 0 Å². The first-order valence-electron chi connectivity index (χ1n) is 23.0. The van der Waals surface area contributed by atoms with Crippen LogP contribution in [0, 0.1) is 0 Å². The van der Waals surface area contributed by atoms with Crippen molar-refractivity contribution in [1.82, 2.24) is 23.3 Å². The van der Waals surface area contributed by atoms with Crippen LogP contribution in [0.4, 0.5) is 22.7 Å². The van der Waals surface area contributed by atoms with Crippen LogP contribution in [0.1, 0.15) is 79.0 Å². The summed E-state index contributed by atoms with van der Waals surface area (Å²) < 4.78 is 16.0. The third kappa shape index (κ3) is 6.92. The molecule has 4 heterocycles. The summed E-state index contributed by atoms with van der Waals surface area (Å²) in [5.41, 5.74) is 13.3. The Morgan fingerprint density at radius 1 is 0.439 bits per heavy atom. The fourth-order valence-corrected chi connectivity index (χ4v) is 9.58. The number of para-hydroxylation sites is 4. The maximum atomic E-state index is 6.83. The maximum absolute atomic E-state index is 6.83. The average molecular weight is 862 g/mol. The number of hydrogen-bond donors (Lipinski definition) is 0. The Hall–Kier alpha value is -7.53. The Morgan fingerprint density at radius 2 is 1.00 bits per heavy atom. The maximum Gasteiger partial charge on any atom is 0.503 e. The number of pyridine rings is 1. The summed E-state index contributed by atoms with van der Waals surface area (Å²) in [5.74, 6) is 2.36. The Bertz CT molecular complexity index is 3580. The van der Waals surface area contributed by atoms with Crippen molar-refractivity contribution in [2.75, 3.05) is 0 Å². The average Bonchev–Trinajstić information content (AvgIpc) is 3.96. The fourth-order valence-electron chi connectivity index (χ4n) is 9.58. The van der Waals surface area contributed by atoms with Gasteiger partial charge < -0.3 is 9.30 Å². The number of aromatic nitrogens is 3. The first kappa shape index (κ1) is 41.2. The monoisotopic (exact) mass is 861 g/mol. The molecule has 66 heavy (non-hydrogen) atoms. The van der Waals surface area contributed by atoms with Crippen LogP contribution in [0.25, 0.3) is 55.1 Å². The molecule has 0 fully saturated rings. The number of hydrogen-bond acceptors (Lipinski definition) is 2. The van der Waals surface area contributed by atoms with E-state index in [0.29, 0.717) is 0 Å². The lowest BCUT2D eigenvalue weighted by Gasteiger charge is -2.24. The van der Waals surface area contributed by atoms with Gasteiger partial charge >= 0.3 is 17.4 Å². The van der Waals surface area contributed by atoms with Gasteiger partial charge in [0.15, 0.2) is 0 Å². The normalized spacial score (nSPS) is 13.2. The standard InChI is InChI=1S/C60H55N5O/c1-58(2,3)39-30-31-61-56(35-39)65-52-25-15-12-22-48(52)49-29-28-45(37-55(49)65)66-44-19-16-18-42(36-44)62-38-63(43-33-40(59(4,5)6)32-41(34-43)60(7,8)9)57-53(62)26-17-27-54(57)64-50-23-13-10-20-46(50)47-21-11-14-24-51(47)64/h10-37H,1-9H3/q+2. The number of fused-ring (bicyclic) bond motifs is 7. The van der Waals surface area contributed by atoms with E-state index in [9.17, 15) is 0 Å². The van der Waals surface area contributed by atoms with Crippen molar-refractivity contribution < 1.29 is 4.74 Å². The Labute approximate surface area is 387 Å². The summed E-state index contributed by atoms with van der Waals surface area (Å²) in [7, 11) is 0. The summed E-state index contributed by atoms with van der Waals surface area (Å²) in [6.45, 7) is 20.5. The molecule has 324 valence electrons. The molecule has 0 N–H and O–H groups in total. The molecule has 3 aromatic heterocycles. The molecule has 0 spiro atoms. The lowest BCUT2D eigenvalue weighted by Crippen LogP contribution is -2.17. The highest BCUT2D eigenvalue weighted by Gasteiger charge is 2.41. The molecule has 7 aromatic carbocycles. The van der Waals surface area contributed by atoms with E-state index >= 15 is 0 Å². The summed E-state index contributed by atoms with van der Waals surface area (Å²) in [4.78, 5) is 4.90. The quantitative estimate of drug-likeness (QED) is 0.156. The van der Waals surface area contributed by atoms with E-state index in [-0.39, 0.29) is 16.2 Å². The van der Waals surface area contributed by atoms with Crippen molar-refractivity contribution in [3.05, 3.63) is 187 Å². The number of ether oxygens (including phenoxy) is 1. The molecular weight excluding hydrogens is 807 g/mol. The van der Waals surface area contributed by atoms with Gasteiger partial charge in [0.2, 0.25) is 11.4 Å². The van der Waals surface area contributed by atoms with Crippen molar-refractivity contribution in [2.45, 2.75) is 78.6 Å². The Morgan fingerprint density at radius 3 is 1.62 bits per heavy atom. The van der Waals surface area contributed by atoms with Crippen LogP contribution in [-0.4, -0.2) is 20.1 Å². The van der Waals surface area contributed by atoms with Crippen molar-refractivity contribution in [2.24, 2.45) is 0 Å².